The standard InChI is InChI=1S/C17H16O2/c1-13-3-5-14(6-4-13)7-8-15-9-10-17(19-2)11-16(15)12-18/h3-6,9-11,18H,12H2,1-2H3. The van der Waals surface area contributed by atoms with Crippen molar-refractivity contribution in [3.8, 4) is 17.6 Å². The average molecular weight is 252 g/mol. The van der Waals surface area contributed by atoms with Gasteiger partial charge in [0.15, 0.2) is 0 Å². The molecule has 2 aromatic carbocycles. The Morgan fingerprint density at radius 2 is 1.79 bits per heavy atom. The lowest BCUT2D eigenvalue weighted by Crippen LogP contribution is -1.92. The number of aliphatic hydroxyl groups is 1. The van der Waals surface area contributed by atoms with E-state index in [0.29, 0.717) is 0 Å². The van der Waals surface area contributed by atoms with Gasteiger partial charge in [-0.05, 0) is 42.8 Å². The Labute approximate surface area is 113 Å². The van der Waals surface area contributed by atoms with Gasteiger partial charge in [-0.25, -0.2) is 0 Å². The molecule has 0 aliphatic rings. The molecule has 2 rings (SSSR count). The van der Waals surface area contributed by atoms with Crippen molar-refractivity contribution in [3.63, 3.8) is 0 Å². The second-order valence-electron chi connectivity index (χ2n) is 4.30. The Kier molecular flexibility index (Phi) is 4.22. The fourth-order valence-electron chi connectivity index (χ4n) is 1.73. The largest absolute Gasteiger partial charge is 0.497 e. The zero-order valence-electron chi connectivity index (χ0n) is 11.1. The molecule has 2 heteroatoms. The number of aliphatic hydroxyl groups excluding tert-OH is 1. The monoisotopic (exact) mass is 252 g/mol. The van der Waals surface area contributed by atoms with E-state index in [9.17, 15) is 5.11 Å². The molecular weight excluding hydrogens is 236 g/mol. The van der Waals surface area contributed by atoms with Crippen LogP contribution in [0.25, 0.3) is 0 Å². The Balaban J connectivity index is 2.31. The summed E-state index contributed by atoms with van der Waals surface area (Å²) in [6.45, 7) is 2.00. The molecule has 0 radical (unpaired) electrons. The van der Waals surface area contributed by atoms with Gasteiger partial charge in [0.2, 0.25) is 0 Å². The van der Waals surface area contributed by atoms with Gasteiger partial charge in [0.25, 0.3) is 0 Å². The average Bonchev–Trinajstić information content (AvgIpc) is 2.46. The molecule has 0 amide bonds. The Morgan fingerprint density at radius 1 is 1.05 bits per heavy atom. The summed E-state index contributed by atoms with van der Waals surface area (Å²) in [6, 6.07) is 13.6. The molecule has 0 fully saturated rings. The number of hydrogen-bond acceptors (Lipinski definition) is 2. The molecular formula is C17H16O2. The summed E-state index contributed by atoms with van der Waals surface area (Å²) < 4.78 is 5.13. The highest BCUT2D eigenvalue weighted by Gasteiger charge is 2.01. The summed E-state index contributed by atoms with van der Waals surface area (Å²) in [5, 5.41) is 9.35. The van der Waals surface area contributed by atoms with Gasteiger partial charge in [-0.3, -0.25) is 0 Å². The van der Waals surface area contributed by atoms with Crippen LogP contribution in [0.15, 0.2) is 42.5 Å². The maximum atomic E-state index is 9.35. The summed E-state index contributed by atoms with van der Waals surface area (Å²) in [6.07, 6.45) is 0. The van der Waals surface area contributed by atoms with Crippen LogP contribution in [0.1, 0.15) is 22.3 Å². The van der Waals surface area contributed by atoms with Crippen molar-refractivity contribution in [2.24, 2.45) is 0 Å². The highest BCUT2D eigenvalue weighted by molar-refractivity contribution is 5.49. The predicted molar refractivity (Wildman–Crippen MR) is 76.1 cm³/mol. The molecule has 0 atom stereocenters. The van der Waals surface area contributed by atoms with Crippen molar-refractivity contribution in [1.82, 2.24) is 0 Å². The minimum Gasteiger partial charge on any atom is -0.497 e. The van der Waals surface area contributed by atoms with E-state index in [1.165, 1.54) is 5.56 Å². The van der Waals surface area contributed by atoms with E-state index >= 15 is 0 Å². The normalized spacial score (nSPS) is 9.63. The third-order valence-electron chi connectivity index (χ3n) is 2.88. The summed E-state index contributed by atoms with van der Waals surface area (Å²) in [4.78, 5) is 0. The number of ether oxygens (including phenoxy) is 1. The molecule has 0 saturated heterocycles. The predicted octanol–water partition coefficient (Wildman–Crippen LogP) is 2.90. The van der Waals surface area contributed by atoms with Crippen molar-refractivity contribution >= 4 is 0 Å². The van der Waals surface area contributed by atoms with Gasteiger partial charge in [0.1, 0.15) is 5.75 Å². The topological polar surface area (TPSA) is 29.5 Å². The second kappa shape index (κ2) is 6.08. The Hall–Kier alpha value is -2.24. The molecule has 0 saturated carbocycles. The lowest BCUT2D eigenvalue weighted by molar-refractivity contribution is 0.280. The summed E-state index contributed by atoms with van der Waals surface area (Å²) >= 11 is 0. The molecule has 96 valence electrons. The molecule has 0 aliphatic heterocycles. The third kappa shape index (κ3) is 3.37. The van der Waals surface area contributed by atoms with E-state index in [2.05, 4.69) is 11.8 Å². The molecule has 0 spiro atoms. The number of benzene rings is 2. The van der Waals surface area contributed by atoms with E-state index in [1.54, 1.807) is 13.2 Å². The summed E-state index contributed by atoms with van der Waals surface area (Å²) in [5.74, 6) is 6.91. The number of hydrogen-bond donors (Lipinski definition) is 1. The highest BCUT2D eigenvalue weighted by Crippen LogP contribution is 2.17. The molecule has 2 aromatic rings. The van der Waals surface area contributed by atoms with Gasteiger partial charge in [0.05, 0.1) is 13.7 Å². The fourth-order valence-corrected chi connectivity index (χ4v) is 1.73. The van der Waals surface area contributed by atoms with Crippen molar-refractivity contribution in [1.29, 1.82) is 0 Å². The van der Waals surface area contributed by atoms with Crippen LogP contribution in [-0.2, 0) is 6.61 Å². The van der Waals surface area contributed by atoms with Crippen LogP contribution < -0.4 is 4.74 Å². The lowest BCUT2D eigenvalue weighted by atomic mass is 10.1. The van der Waals surface area contributed by atoms with Crippen LogP contribution in [0.5, 0.6) is 5.75 Å². The van der Waals surface area contributed by atoms with Gasteiger partial charge in [0, 0.05) is 11.1 Å². The van der Waals surface area contributed by atoms with Gasteiger partial charge in [-0.2, -0.15) is 0 Å². The van der Waals surface area contributed by atoms with Crippen LogP contribution in [0.4, 0.5) is 0 Å². The van der Waals surface area contributed by atoms with Gasteiger partial charge < -0.3 is 9.84 Å². The van der Waals surface area contributed by atoms with Crippen LogP contribution >= 0.6 is 0 Å². The number of methoxy groups -OCH3 is 1. The first-order chi connectivity index (χ1) is 9.22. The van der Waals surface area contributed by atoms with Crippen molar-refractivity contribution in [2.75, 3.05) is 7.11 Å². The first-order valence-electron chi connectivity index (χ1n) is 6.09. The minimum absolute atomic E-state index is 0.0465. The van der Waals surface area contributed by atoms with Gasteiger partial charge in [-0.1, -0.05) is 29.5 Å². The van der Waals surface area contributed by atoms with E-state index in [-0.39, 0.29) is 6.61 Å². The van der Waals surface area contributed by atoms with E-state index < -0.39 is 0 Å². The third-order valence-corrected chi connectivity index (χ3v) is 2.88. The Morgan fingerprint density at radius 3 is 2.42 bits per heavy atom. The second-order valence-corrected chi connectivity index (χ2v) is 4.30. The highest BCUT2D eigenvalue weighted by atomic mass is 16.5. The van der Waals surface area contributed by atoms with Crippen LogP contribution in [-0.4, -0.2) is 12.2 Å². The molecule has 1 N–H and O–H groups in total. The van der Waals surface area contributed by atoms with Crippen LogP contribution in [0.2, 0.25) is 0 Å². The molecule has 0 heterocycles. The summed E-state index contributed by atoms with van der Waals surface area (Å²) in [5.41, 5.74) is 3.78. The van der Waals surface area contributed by atoms with Crippen molar-refractivity contribution in [3.05, 3.63) is 64.7 Å². The van der Waals surface area contributed by atoms with Gasteiger partial charge >= 0.3 is 0 Å². The van der Waals surface area contributed by atoms with Crippen LogP contribution in [0, 0.1) is 18.8 Å². The molecule has 0 unspecified atom stereocenters. The fraction of sp³-hybridized carbons (Fsp3) is 0.176. The first-order valence-corrected chi connectivity index (χ1v) is 6.09. The molecule has 0 aromatic heterocycles. The zero-order chi connectivity index (χ0) is 13.7. The zero-order valence-corrected chi connectivity index (χ0v) is 11.1. The van der Waals surface area contributed by atoms with E-state index in [0.717, 1.165) is 22.4 Å². The van der Waals surface area contributed by atoms with Crippen molar-refractivity contribution in [2.45, 2.75) is 13.5 Å². The summed E-state index contributed by atoms with van der Waals surface area (Å²) in [7, 11) is 1.61. The quantitative estimate of drug-likeness (QED) is 0.833. The van der Waals surface area contributed by atoms with Crippen LogP contribution in [0.3, 0.4) is 0 Å². The molecule has 0 aliphatic carbocycles. The molecule has 19 heavy (non-hydrogen) atoms. The van der Waals surface area contributed by atoms with Gasteiger partial charge in [-0.15, -0.1) is 0 Å². The first kappa shape index (κ1) is 13.2. The lowest BCUT2D eigenvalue weighted by Gasteiger charge is -2.04. The molecule has 0 bridgehead atoms. The molecule has 2 nitrogen and oxygen atoms in total. The SMILES string of the molecule is COc1ccc(C#Cc2ccc(C)cc2)c(CO)c1. The number of aryl methyl sites for hydroxylation is 1. The maximum absolute atomic E-state index is 9.35. The smallest absolute Gasteiger partial charge is 0.119 e. The number of rotatable bonds is 2. The van der Waals surface area contributed by atoms with E-state index in [1.807, 2.05) is 43.3 Å². The van der Waals surface area contributed by atoms with Crippen molar-refractivity contribution < 1.29 is 9.84 Å². The Bertz CT molecular complexity index is 616. The minimum atomic E-state index is -0.0465. The maximum Gasteiger partial charge on any atom is 0.119 e. The van der Waals surface area contributed by atoms with E-state index in [4.69, 9.17) is 4.74 Å².